The molecule has 1 aromatic heterocycles. The summed E-state index contributed by atoms with van der Waals surface area (Å²) in [5, 5.41) is 3.38. The summed E-state index contributed by atoms with van der Waals surface area (Å²) in [6.45, 7) is 2.04. The first-order valence-corrected chi connectivity index (χ1v) is 9.25. The van der Waals surface area contributed by atoms with Crippen molar-refractivity contribution in [3.63, 3.8) is 0 Å². The van der Waals surface area contributed by atoms with Crippen molar-refractivity contribution in [1.82, 2.24) is 4.98 Å². The summed E-state index contributed by atoms with van der Waals surface area (Å²) < 4.78 is 11.6. The zero-order valence-corrected chi connectivity index (χ0v) is 15.0. The first kappa shape index (κ1) is 16.5. The fourth-order valence-electron chi connectivity index (χ4n) is 2.72. The maximum atomic E-state index is 5.85. The zero-order valence-electron chi connectivity index (χ0n) is 13.4. The number of nitrogens with zero attached hydrogens (tertiary/aromatic N) is 1. The summed E-state index contributed by atoms with van der Waals surface area (Å²) in [6, 6.07) is 16.7. The predicted molar refractivity (Wildman–Crippen MR) is 101 cm³/mol. The van der Waals surface area contributed by atoms with Gasteiger partial charge in [0.2, 0.25) is 0 Å². The molecule has 0 radical (unpaired) electrons. The predicted octanol–water partition coefficient (Wildman–Crippen LogP) is 5.12. The average Bonchev–Trinajstić information content (AvgIpc) is 3.32. The van der Waals surface area contributed by atoms with E-state index in [4.69, 9.17) is 21.1 Å². The molecular formula is C19H17ClN2O2S. The van der Waals surface area contributed by atoms with E-state index in [9.17, 15) is 0 Å². The second kappa shape index (κ2) is 7.54. The summed E-state index contributed by atoms with van der Waals surface area (Å²) in [4.78, 5) is 5.16. The summed E-state index contributed by atoms with van der Waals surface area (Å²) in [6.07, 6.45) is 1.58. The minimum absolute atomic E-state index is 0.221. The molecule has 0 amide bonds. The Morgan fingerprint density at radius 3 is 2.24 bits per heavy atom. The van der Waals surface area contributed by atoms with Crippen LogP contribution in [0, 0.1) is 0 Å². The molecule has 1 fully saturated rings. The molecule has 1 aliphatic rings. The van der Waals surface area contributed by atoms with E-state index < -0.39 is 0 Å². The third-order valence-electron chi connectivity index (χ3n) is 4.01. The largest absolute Gasteiger partial charge is 0.380 e. The third-order valence-corrected chi connectivity index (χ3v) is 5.13. The van der Waals surface area contributed by atoms with Crippen LogP contribution in [0.15, 0.2) is 54.7 Å². The Kier molecular flexibility index (Phi) is 4.99. The highest BCUT2D eigenvalue weighted by Gasteiger charge is 2.17. The smallest absolute Gasteiger partial charge is 0.184 e. The van der Waals surface area contributed by atoms with E-state index in [-0.39, 0.29) is 6.29 Å². The number of hydrogen-bond acceptors (Lipinski definition) is 5. The van der Waals surface area contributed by atoms with Gasteiger partial charge in [-0.1, -0.05) is 48.0 Å². The maximum absolute atomic E-state index is 5.85. The van der Waals surface area contributed by atoms with Crippen LogP contribution in [0.25, 0.3) is 11.1 Å². The molecule has 2 aromatic carbocycles. The summed E-state index contributed by atoms with van der Waals surface area (Å²) in [5.74, 6) is 0. The molecule has 0 unspecified atom stereocenters. The fourth-order valence-corrected chi connectivity index (χ4v) is 3.64. The van der Waals surface area contributed by atoms with Gasteiger partial charge in [0.05, 0.1) is 19.8 Å². The van der Waals surface area contributed by atoms with Crippen LogP contribution < -0.4 is 5.32 Å². The van der Waals surface area contributed by atoms with Gasteiger partial charge in [0.1, 0.15) is 0 Å². The monoisotopic (exact) mass is 372 g/mol. The molecule has 1 saturated heterocycles. The molecule has 0 aliphatic carbocycles. The molecule has 2 heterocycles. The quantitative estimate of drug-likeness (QED) is 0.675. The minimum atomic E-state index is -0.221. The lowest BCUT2D eigenvalue weighted by atomic mass is 10.0. The molecule has 3 aromatic rings. The van der Waals surface area contributed by atoms with Crippen LogP contribution in [0.1, 0.15) is 16.7 Å². The van der Waals surface area contributed by atoms with Crippen LogP contribution in [-0.2, 0) is 16.0 Å². The number of aromatic nitrogens is 1. The highest BCUT2D eigenvalue weighted by Crippen LogP contribution is 2.27. The molecule has 0 spiro atoms. The van der Waals surface area contributed by atoms with Crippen molar-refractivity contribution < 1.29 is 9.47 Å². The number of rotatable bonds is 5. The van der Waals surface area contributed by atoms with Crippen molar-refractivity contribution in [1.29, 1.82) is 0 Å². The highest BCUT2D eigenvalue weighted by molar-refractivity contribution is 7.15. The summed E-state index contributed by atoms with van der Waals surface area (Å²) in [7, 11) is 0. The van der Waals surface area contributed by atoms with Crippen LogP contribution in [0.2, 0.25) is 4.47 Å². The van der Waals surface area contributed by atoms with Gasteiger partial charge in [0, 0.05) is 22.3 Å². The van der Waals surface area contributed by atoms with Gasteiger partial charge in [-0.2, -0.15) is 0 Å². The van der Waals surface area contributed by atoms with Crippen LogP contribution in [0.4, 0.5) is 5.69 Å². The number of ether oxygens (including phenoxy) is 2. The minimum Gasteiger partial charge on any atom is -0.380 e. The van der Waals surface area contributed by atoms with E-state index in [0.29, 0.717) is 17.7 Å². The fraction of sp³-hybridized carbons (Fsp3) is 0.211. The van der Waals surface area contributed by atoms with Crippen molar-refractivity contribution in [2.45, 2.75) is 12.8 Å². The summed E-state index contributed by atoms with van der Waals surface area (Å²) in [5.41, 5.74) is 4.47. The molecule has 6 heteroatoms. The second-order valence-electron chi connectivity index (χ2n) is 5.71. The Balaban J connectivity index is 1.40. The van der Waals surface area contributed by atoms with E-state index in [0.717, 1.165) is 22.7 Å². The van der Waals surface area contributed by atoms with Crippen molar-refractivity contribution in [2.75, 3.05) is 18.5 Å². The summed E-state index contributed by atoms with van der Waals surface area (Å²) >= 11 is 7.34. The van der Waals surface area contributed by atoms with Gasteiger partial charge in [-0.15, -0.1) is 11.3 Å². The average molecular weight is 373 g/mol. The molecule has 4 rings (SSSR count). The van der Waals surface area contributed by atoms with Gasteiger partial charge >= 0.3 is 0 Å². The number of benzene rings is 2. The molecule has 1 aliphatic heterocycles. The lowest BCUT2D eigenvalue weighted by molar-refractivity contribution is -0.0441. The zero-order chi connectivity index (χ0) is 17.1. The van der Waals surface area contributed by atoms with Gasteiger partial charge in [0.25, 0.3) is 0 Å². The normalized spacial score (nSPS) is 14.8. The lowest BCUT2D eigenvalue weighted by Crippen LogP contribution is -1.98. The Morgan fingerprint density at radius 2 is 1.64 bits per heavy atom. The van der Waals surface area contributed by atoms with Crippen LogP contribution >= 0.6 is 22.9 Å². The molecule has 1 N–H and O–H groups in total. The van der Waals surface area contributed by atoms with Crippen molar-refractivity contribution in [3.8, 4) is 11.1 Å². The molecule has 25 heavy (non-hydrogen) atoms. The number of anilines is 1. The Morgan fingerprint density at radius 1 is 1.00 bits per heavy atom. The van der Waals surface area contributed by atoms with Gasteiger partial charge < -0.3 is 14.8 Å². The first-order valence-electron chi connectivity index (χ1n) is 8.05. The van der Waals surface area contributed by atoms with E-state index in [1.165, 1.54) is 22.5 Å². The maximum Gasteiger partial charge on any atom is 0.184 e. The molecule has 0 saturated carbocycles. The standard InChI is InChI=1S/C19H17ClN2O2S/c20-19-22-12-17(25-19)11-21-16-7-5-14(6-8-16)13-1-3-15(4-2-13)18-23-9-10-24-18/h1-8,12,18,21H,9-11H2. The lowest BCUT2D eigenvalue weighted by Gasteiger charge is -2.10. The van der Waals surface area contributed by atoms with Crippen LogP contribution in [0.5, 0.6) is 0 Å². The van der Waals surface area contributed by atoms with Gasteiger partial charge in [-0.05, 0) is 23.3 Å². The Labute approximate surface area is 155 Å². The van der Waals surface area contributed by atoms with Crippen LogP contribution in [-0.4, -0.2) is 18.2 Å². The number of halogens is 1. The first-order chi connectivity index (χ1) is 12.3. The third kappa shape index (κ3) is 4.02. The molecular weight excluding hydrogens is 356 g/mol. The molecule has 128 valence electrons. The van der Waals surface area contributed by atoms with Gasteiger partial charge in [-0.3, -0.25) is 0 Å². The van der Waals surface area contributed by atoms with Gasteiger partial charge in [-0.25, -0.2) is 4.98 Å². The van der Waals surface area contributed by atoms with Crippen molar-refractivity contribution in [2.24, 2.45) is 0 Å². The molecule has 0 atom stereocenters. The van der Waals surface area contributed by atoms with Crippen molar-refractivity contribution >= 4 is 28.6 Å². The Hall–Kier alpha value is -1.92. The number of nitrogens with one attached hydrogen (secondary N) is 1. The van der Waals surface area contributed by atoms with Gasteiger partial charge in [0.15, 0.2) is 10.8 Å². The van der Waals surface area contributed by atoms with E-state index in [1.807, 2.05) is 0 Å². The topological polar surface area (TPSA) is 43.4 Å². The van der Waals surface area contributed by atoms with E-state index in [1.54, 1.807) is 6.20 Å². The highest BCUT2D eigenvalue weighted by atomic mass is 35.5. The SMILES string of the molecule is Clc1ncc(CNc2ccc(-c3ccc(C4OCCO4)cc3)cc2)s1. The number of hydrogen-bond donors (Lipinski definition) is 1. The molecule has 4 nitrogen and oxygen atoms in total. The van der Waals surface area contributed by atoms with Crippen molar-refractivity contribution in [3.05, 3.63) is 69.6 Å². The number of thiazole rings is 1. The van der Waals surface area contributed by atoms with E-state index in [2.05, 4.69) is 58.8 Å². The second-order valence-corrected chi connectivity index (χ2v) is 7.40. The van der Waals surface area contributed by atoms with Crippen LogP contribution in [0.3, 0.4) is 0 Å². The molecule has 0 bridgehead atoms. The Bertz CT molecular complexity index is 827. The van der Waals surface area contributed by atoms with E-state index >= 15 is 0 Å².